The molecular weight excluding hydrogens is 402 g/mol. The molecule has 1 aromatic carbocycles. The van der Waals surface area contributed by atoms with Crippen molar-refractivity contribution in [3.8, 4) is 10.6 Å². The Hall–Kier alpha value is -2.23. The third-order valence-electron chi connectivity index (χ3n) is 3.82. The van der Waals surface area contributed by atoms with Gasteiger partial charge in [-0.3, -0.25) is 9.10 Å². The van der Waals surface area contributed by atoms with Crippen molar-refractivity contribution in [2.45, 2.75) is 13.8 Å². The number of hydrogen-bond acceptors (Lipinski definition) is 6. The summed E-state index contributed by atoms with van der Waals surface area (Å²) in [5.41, 5.74) is 2.07. The average Bonchev–Trinajstić information content (AvgIpc) is 3.21. The second-order valence-corrected chi connectivity index (χ2v) is 10.1. The first-order valence-electron chi connectivity index (χ1n) is 8.09. The lowest BCUT2D eigenvalue weighted by atomic mass is 10.2. The normalized spacial score (nSPS) is 11.4. The summed E-state index contributed by atoms with van der Waals surface area (Å²) < 4.78 is 25.5. The molecule has 3 rings (SSSR count). The maximum Gasteiger partial charge on any atom is 0.246 e. The number of carbonyl (C=O) groups is 1. The molecule has 3 aromatic rings. The van der Waals surface area contributed by atoms with Gasteiger partial charge in [0.05, 0.1) is 22.5 Å². The van der Waals surface area contributed by atoms with Gasteiger partial charge in [-0.1, -0.05) is 18.2 Å². The molecular formula is C18H19N3O3S3. The number of anilines is 2. The molecule has 0 aliphatic rings. The highest BCUT2D eigenvalue weighted by Crippen LogP contribution is 2.30. The number of benzene rings is 1. The second kappa shape index (κ2) is 7.79. The van der Waals surface area contributed by atoms with Gasteiger partial charge in [-0.05, 0) is 37.6 Å². The molecule has 0 atom stereocenters. The van der Waals surface area contributed by atoms with Crippen LogP contribution in [0.2, 0.25) is 0 Å². The Morgan fingerprint density at radius 3 is 2.56 bits per heavy atom. The fraction of sp³-hybridized carbons (Fsp3) is 0.222. The standard InChI is InChI=1S/C18H19N3O3S3/c1-12-6-4-5-7-15(12)21(27(3,23)24)10-17(22)20-18-19-14(11-25-18)16-9-8-13(2)26-16/h4-9,11H,10H2,1-3H3,(H,19,20,22). The highest BCUT2D eigenvalue weighted by Gasteiger charge is 2.22. The summed E-state index contributed by atoms with van der Waals surface area (Å²) in [7, 11) is -3.61. The number of nitrogens with zero attached hydrogens (tertiary/aromatic N) is 2. The number of aromatic nitrogens is 1. The highest BCUT2D eigenvalue weighted by atomic mass is 32.2. The van der Waals surface area contributed by atoms with Crippen LogP contribution in [-0.2, 0) is 14.8 Å². The van der Waals surface area contributed by atoms with E-state index in [2.05, 4.69) is 10.3 Å². The minimum absolute atomic E-state index is 0.309. The van der Waals surface area contributed by atoms with Gasteiger partial charge >= 0.3 is 0 Å². The quantitative estimate of drug-likeness (QED) is 0.655. The van der Waals surface area contributed by atoms with Crippen molar-refractivity contribution < 1.29 is 13.2 Å². The topological polar surface area (TPSA) is 79.4 Å². The SMILES string of the molecule is Cc1ccc(-c2csc(NC(=O)CN(c3ccccc3C)S(C)(=O)=O)n2)s1. The Balaban J connectivity index is 1.76. The van der Waals surface area contributed by atoms with Crippen LogP contribution in [0.4, 0.5) is 10.8 Å². The van der Waals surface area contributed by atoms with Gasteiger partial charge in [0.2, 0.25) is 15.9 Å². The van der Waals surface area contributed by atoms with Crippen LogP contribution in [0.15, 0.2) is 41.8 Å². The zero-order chi connectivity index (χ0) is 19.6. The van der Waals surface area contributed by atoms with E-state index in [1.165, 1.54) is 16.2 Å². The van der Waals surface area contributed by atoms with E-state index in [0.717, 1.165) is 26.7 Å². The first-order valence-corrected chi connectivity index (χ1v) is 11.6. The summed E-state index contributed by atoms with van der Waals surface area (Å²) >= 11 is 2.94. The number of thiophene rings is 1. The van der Waals surface area contributed by atoms with Crippen LogP contribution in [0.5, 0.6) is 0 Å². The van der Waals surface area contributed by atoms with Gasteiger partial charge in [0, 0.05) is 10.3 Å². The molecule has 0 unspecified atom stereocenters. The molecule has 0 saturated carbocycles. The van der Waals surface area contributed by atoms with Crippen LogP contribution in [0.25, 0.3) is 10.6 Å². The van der Waals surface area contributed by atoms with E-state index in [0.29, 0.717) is 10.8 Å². The largest absolute Gasteiger partial charge is 0.300 e. The Morgan fingerprint density at radius 2 is 1.93 bits per heavy atom. The summed E-state index contributed by atoms with van der Waals surface area (Å²) in [6.07, 6.45) is 1.09. The maximum atomic E-state index is 12.5. The zero-order valence-electron chi connectivity index (χ0n) is 15.1. The lowest BCUT2D eigenvalue weighted by Gasteiger charge is -2.23. The van der Waals surface area contributed by atoms with E-state index in [1.807, 2.05) is 43.5 Å². The van der Waals surface area contributed by atoms with Crippen molar-refractivity contribution >= 4 is 49.4 Å². The molecule has 0 spiro atoms. The molecule has 0 saturated heterocycles. The molecule has 0 aliphatic carbocycles. The second-order valence-electron chi connectivity index (χ2n) is 6.05. The molecule has 1 amide bonds. The van der Waals surface area contributed by atoms with Gasteiger partial charge in [-0.15, -0.1) is 22.7 Å². The van der Waals surface area contributed by atoms with Crippen LogP contribution in [0.3, 0.4) is 0 Å². The number of para-hydroxylation sites is 1. The fourth-order valence-electron chi connectivity index (χ4n) is 2.53. The monoisotopic (exact) mass is 421 g/mol. The fourth-order valence-corrected chi connectivity index (χ4v) is 5.07. The molecule has 1 N–H and O–H groups in total. The van der Waals surface area contributed by atoms with Crippen molar-refractivity contribution in [3.63, 3.8) is 0 Å². The number of hydrogen-bond donors (Lipinski definition) is 1. The van der Waals surface area contributed by atoms with E-state index < -0.39 is 15.9 Å². The van der Waals surface area contributed by atoms with E-state index in [4.69, 9.17) is 0 Å². The lowest BCUT2D eigenvalue weighted by Crippen LogP contribution is -2.37. The minimum Gasteiger partial charge on any atom is -0.300 e. The predicted octanol–water partition coefficient (Wildman–Crippen LogP) is 3.89. The van der Waals surface area contributed by atoms with Gasteiger partial charge in [0.15, 0.2) is 5.13 Å². The summed E-state index contributed by atoms with van der Waals surface area (Å²) in [5.74, 6) is -0.438. The Kier molecular flexibility index (Phi) is 5.64. The molecule has 0 aliphatic heterocycles. The number of rotatable bonds is 6. The molecule has 0 radical (unpaired) electrons. The average molecular weight is 422 g/mol. The van der Waals surface area contributed by atoms with E-state index in [-0.39, 0.29) is 6.54 Å². The van der Waals surface area contributed by atoms with Crippen molar-refractivity contribution in [2.24, 2.45) is 0 Å². The first-order chi connectivity index (χ1) is 12.7. The number of thiazole rings is 1. The van der Waals surface area contributed by atoms with Gasteiger partial charge in [-0.2, -0.15) is 0 Å². The summed E-state index contributed by atoms with van der Waals surface area (Å²) in [4.78, 5) is 19.1. The van der Waals surface area contributed by atoms with E-state index in [9.17, 15) is 13.2 Å². The van der Waals surface area contributed by atoms with Crippen molar-refractivity contribution in [1.82, 2.24) is 4.98 Å². The van der Waals surface area contributed by atoms with Gasteiger partial charge in [0.1, 0.15) is 6.54 Å². The van der Waals surface area contributed by atoms with Crippen molar-refractivity contribution in [2.75, 3.05) is 22.4 Å². The molecule has 2 heterocycles. The summed E-state index contributed by atoms with van der Waals surface area (Å²) in [5, 5.41) is 5.01. The Morgan fingerprint density at radius 1 is 1.19 bits per heavy atom. The third kappa shape index (κ3) is 4.74. The Labute approximate surface area is 166 Å². The molecule has 27 heavy (non-hydrogen) atoms. The first kappa shape index (κ1) is 19.5. The molecule has 142 valence electrons. The predicted molar refractivity (Wildman–Crippen MR) is 112 cm³/mol. The van der Waals surface area contributed by atoms with Crippen molar-refractivity contribution in [1.29, 1.82) is 0 Å². The summed E-state index contributed by atoms with van der Waals surface area (Å²) in [6.45, 7) is 3.52. The van der Waals surface area contributed by atoms with Gasteiger partial charge in [0.25, 0.3) is 0 Å². The zero-order valence-corrected chi connectivity index (χ0v) is 17.5. The number of aryl methyl sites for hydroxylation is 2. The Bertz CT molecular complexity index is 1070. The van der Waals surface area contributed by atoms with Crippen molar-refractivity contribution in [3.05, 3.63) is 52.2 Å². The highest BCUT2D eigenvalue weighted by molar-refractivity contribution is 7.92. The third-order valence-corrected chi connectivity index (χ3v) is 6.72. The molecule has 6 nitrogen and oxygen atoms in total. The number of carbonyl (C=O) groups excluding carboxylic acids is 1. The smallest absolute Gasteiger partial charge is 0.246 e. The van der Waals surface area contributed by atoms with Crippen LogP contribution < -0.4 is 9.62 Å². The molecule has 0 fully saturated rings. The van der Waals surface area contributed by atoms with Crippen LogP contribution in [-0.4, -0.2) is 32.1 Å². The number of amides is 1. The van der Waals surface area contributed by atoms with E-state index in [1.54, 1.807) is 23.5 Å². The summed E-state index contributed by atoms with van der Waals surface area (Å²) in [6, 6.07) is 11.1. The minimum atomic E-state index is -3.61. The van der Waals surface area contributed by atoms with Gasteiger partial charge in [-0.25, -0.2) is 13.4 Å². The van der Waals surface area contributed by atoms with Crippen LogP contribution in [0.1, 0.15) is 10.4 Å². The number of sulfonamides is 1. The molecule has 9 heteroatoms. The maximum absolute atomic E-state index is 12.5. The van der Waals surface area contributed by atoms with Gasteiger partial charge < -0.3 is 5.32 Å². The molecule has 2 aromatic heterocycles. The van der Waals surface area contributed by atoms with E-state index >= 15 is 0 Å². The lowest BCUT2D eigenvalue weighted by molar-refractivity contribution is -0.114. The van der Waals surface area contributed by atoms with Crippen LogP contribution in [0, 0.1) is 13.8 Å². The molecule has 0 bridgehead atoms. The number of nitrogens with one attached hydrogen (secondary N) is 1. The van der Waals surface area contributed by atoms with Crippen LogP contribution >= 0.6 is 22.7 Å².